The Hall–Kier alpha value is -4.14. The molecule has 0 atom stereocenters. The second-order valence-electron chi connectivity index (χ2n) is 6.17. The summed E-state index contributed by atoms with van der Waals surface area (Å²) in [7, 11) is 1.53. The molecule has 4 rings (SSSR count). The number of aromatic nitrogens is 1. The fourth-order valence-electron chi connectivity index (χ4n) is 3.03. The van der Waals surface area contributed by atoms with Crippen LogP contribution in [0.25, 0.3) is 5.69 Å². The summed E-state index contributed by atoms with van der Waals surface area (Å²) < 4.78 is 26.1. The van der Waals surface area contributed by atoms with Gasteiger partial charge in [0.15, 0.2) is 11.6 Å². The van der Waals surface area contributed by atoms with Gasteiger partial charge in [-0.1, -0.05) is 0 Å². The summed E-state index contributed by atoms with van der Waals surface area (Å²) in [6.07, 6.45) is 0. The number of hydrogen-bond acceptors (Lipinski definition) is 6. The average molecular weight is 395 g/mol. The molecule has 2 aromatic carbocycles. The zero-order chi connectivity index (χ0) is 20.7. The number of imide groups is 1. The van der Waals surface area contributed by atoms with E-state index in [1.807, 2.05) is 0 Å². The minimum Gasteiger partial charge on any atom is -0.497 e. The summed E-state index contributed by atoms with van der Waals surface area (Å²) in [5, 5.41) is 2.07. The summed E-state index contributed by atoms with van der Waals surface area (Å²) in [6.45, 7) is 0. The van der Waals surface area contributed by atoms with Crippen molar-refractivity contribution in [2.75, 3.05) is 12.8 Å². The molecule has 0 saturated carbocycles. The van der Waals surface area contributed by atoms with Gasteiger partial charge in [0.2, 0.25) is 0 Å². The van der Waals surface area contributed by atoms with Crippen molar-refractivity contribution in [3.05, 3.63) is 75.8 Å². The molecule has 0 spiro atoms. The third-order valence-electron chi connectivity index (χ3n) is 4.41. The van der Waals surface area contributed by atoms with Crippen LogP contribution in [0.4, 0.5) is 10.2 Å². The number of benzene rings is 2. The highest BCUT2D eigenvalue weighted by atomic mass is 19.1. The fraction of sp³-hybridized carbons (Fsp3) is 0.0500. The number of anilines is 1. The van der Waals surface area contributed by atoms with Crippen LogP contribution in [0.2, 0.25) is 0 Å². The van der Waals surface area contributed by atoms with E-state index in [0.717, 1.165) is 16.7 Å². The first-order valence-electron chi connectivity index (χ1n) is 8.42. The Balaban J connectivity index is 1.71. The largest absolute Gasteiger partial charge is 0.497 e. The second-order valence-corrected chi connectivity index (χ2v) is 6.17. The lowest BCUT2D eigenvalue weighted by molar-refractivity contribution is 0.0880. The van der Waals surface area contributed by atoms with E-state index in [0.29, 0.717) is 11.5 Å². The number of fused-ring (bicyclic) bond motifs is 1. The van der Waals surface area contributed by atoms with Crippen LogP contribution >= 0.6 is 0 Å². The first-order chi connectivity index (χ1) is 13.9. The zero-order valence-electron chi connectivity index (χ0n) is 15.1. The highest BCUT2D eigenvalue weighted by molar-refractivity contribution is 6.23. The van der Waals surface area contributed by atoms with Crippen molar-refractivity contribution in [3.63, 3.8) is 0 Å². The first-order valence-corrected chi connectivity index (χ1v) is 8.42. The van der Waals surface area contributed by atoms with Crippen LogP contribution in [0.15, 0.2) is 53.3 Å². The lowest BCUT2D eigenvalue weighted by Gasteiger charge is -2.13. The van der Waals surface area contributed by atoms with Gasteiger partial charge in [0.05, 0.1) is 23.9 Å². The van der Waals surface area contributed by atoms with Gasteiger partial charge in [-0.2, -0.15) is 0 Å². The number of ether oxygens (including phenoxy) is 2. The smallest absolute Gasteiger partial charge is 0.262 e. The molecule has 0 fully saturated rings. The van der Waals surface area contributed by atoms with Crippen molar-refractivity contribution in [2.24, 2.45) is 0 Å². The second kappa shape index (κ2) is 6.79. The van der Waals surface area contributed by atoms with Gasteiger partial charge in [-0.25, -0.2) is 4.39 Å². The van der Waals surface area contributed by atoms with Crippen molar-refractivity contribution in [2.45, 2.75) is 0 Å². The number of nitrogens with two attached hydrogens (primary N) is 1. The number of nitrogens with zero attached hydrogens (tertiary/aromatic N) is 1. The molecule has 1 aromatic heterocycles. The molecule has 3 N–H and O–H groups in total. The normalized spacial score (nSPS) is 12.5. The molecule has 0 aliphatic carbocycles. The van der Waals surface area contributed by atoms with Crippen LogP contribution in [0.1, 0.15) is 20.7 Å². The summed E-state index contributed by atoms with van der Waals surface area (Å²) in [4.78, 5) is 36.1. The summed E-state index contributed by atoms with van der Waals surface area (Å²) >= 11 is 0. The van der Waals surface area contributed by atoms with Crippen molar-refractivity contribution in [1.29, 1.82) is 0 Å². The van der Waals surface area contributed by atoms with Crippen molar-refractivity contribution < 1.29 is 23.5 Å². The molecule has 146 valence electrons. The van der Waals surface area contributed by atoms with Crippen LogP contribution in [0, 0.1) is 5.82 Å². The van der Waals surface area contributed by atoms with Crippen LogP contribution in [-0.2, 0) is 0 Å². The van der Waals surface area contributed by atoms with Crippen LogP contribution in [0.5, 0.6) is 17.2 Å². The average Bonchev–Trinajstić information content (AvgIpc) is 2.98. The van der Waals surface area contributed by atoms with Crippen LogP contribution in [0.3, 0.4) is 0 Å². The highest BCUT2D eigenvalue weighted by Crippen LogP contribution is 2.29. The van der Waals surface area contributed by atoms with Crippen LogP contribution < -0.4 is 26.1 Å². The number of amides is 2. The SMILES string of the molecule is COc1ccc(Oc2ccc(-n3c(N)c4c(cc3=O)C(=O)NC4=O)cc2F)cc1. The molecule has 0 bridgehead atoms. The van der Waals surface area contributed by atoms with Crippen molar-refractivity contribution in [1.82, 2.24) is 9.88 Å². The lowest BCUT2D eigenvalue weighted by atomic mass is 10.1. The van der Waals surface area contributed by atoms with Gasteiger partial charge in [0.25, 0.3) is 17.4 Å². The Labute approximate surface area is 163 Å². The first kappa shape index (κ1) is 18.2. The standard InChI is InChI=1S/C20H14FN3O5/c1-28-11-3-5-12(6-4-11)29-15-7-2-10(8-14(15)21)24-16(25)9-13-17(18(24)22)20(27)23-19(13)26/h2-9H,22H2,1H3,(H,23,26,27). The third kappa shape index (κ3) is 3.08. The molecule has 8 nitrogen and oxygen atoms in total. The molecule has 9 heteroatoms. The fourth-order valence-corrected chi connectivity index (χ4v) is 3.03. The van der Waals surface area contributed by atoms with Gasteiger partial charge in [0, 0.05) is 12.1 Å². The van der Waals surface area contributed by atoms with E-state index in [-0.39, 0.29) is 28.4 Å². The van der Waals surface area contributed by atoms with E-state index in [2.05, 4.69) is 5.32 Å². The molecule has 2 amide bonds. The number of halogens is 1. The summed E-state index contributed by atoms with van der Waals surface area (Å²) in [5.74, 6) is -1.46. The number of nitrogens with one attached hydrogen (secondary N) is 1. The van der Waals surface area contributed by atoms with E-state index in [9.17, 15) is 18.8 Å². The molecular formula is C20H14FN3O5. The number of carbonyl (C=O) groups excluding carboxylic acids is 2. The molecule has 29 heavy (non-hydrogen) atoms. The lowest BCUT2D eigenvalue weighted by Crippen LogP contribution is -2.24. The molecule has 0 unspecified atom stereocenters. The number of carbonyl (C=O) groups is 2. The maximum atomic E-state index is 14.6. The van der Waals surface area contributed by atoms with Gasteiger partial charge in [-0.3, -0.25) is 24.3 Å². The monoisotopic (exact) mass is 395 g/mol. The van der Waals surface area contributed by atoms with Gasteiger partial charge >= 0.3 is 0 Å². The molecule has 1 aliphatic heterocycles. The minimum absolute atomic E-state index is 0.0698. The van der Waals surface area contributed by atoms with Gasteiger partial charge in [0.1, 0.15) is 17.3 Å². The van der Waals surface area contributed by atoms with E-state index in [1.54, 1.807) is 24.3 Å². The molecule has 0 radical (unpaired) electrons. The quantitative estimate of drug-likeness (QED) is 0.655. The van der Waals surface area contributed by atoms with E-state index < -0.39 is 23.2 Å². The van der Waals surface area contributed by atoms with Crippen molar-refractivity contribution in [3.8, 4) is 22.9 Å². The Morgan fingerprint density at radius 3 is 2.31 bits per heavy atom. The number of nitrogen functional groups attached to an aromatic ring is 1. The Morgan fingerprint density at radius 2 is 1.66 bits per heavy atom. The predicted octanol–water partition coefficient (Wildman–Crippen LogP) is 2.24. The minimum atomic E-state index is -0.745. The van der Waals surface area contributed by atoms with E-state index >= 15 is 0 Å². The number of rotatable bonds is 4. The highest BCUT2D eigenvalue weighted by Gasteiger charge is 2.31. The van der Waals surface area contributed by atoms with Crippen LogP contribution in [-0.4, -0.2) is 23.5 Å². The Morgan fingerprint density at radius 1 is 0.966 bits per heavy atom. The van der Waals surface area contributed by atoms with E-state index in [1.165, 1.54) is 19.2 Å². The maximum Gasteiger partial charge on any atom is 0.262 e. The molecule has 3 aromatic rings. The maximum absolute atomic E-state index is 14.6. The van der Waals surface area contributed by atoms with E-state index in [4.69, 9.17) is 15.2 Å². The topological polar surface area (TPSA) is 113 Å². The van der Waals surface area contributed by atoms with Gasteiger partial charge in [-0.05, 0) is 36.4 Å². The number of hydrogen-bond donors (Lipinski definition) is 2. The Bertz CT molecular complexity index is 1220. The molecule has 1 aliphatic rings. The molecular weight excluding hydrogens is 381 g/mol. The molecule has 0 saturated heterocycles. The number of methoxy groups -OCH3 is 1. The van der Waals surface area contributed by atoms with Gasteiger partial charge in [-0.15, -0.1) is 0 Å². The summed E-state index contributed by atoms with van der Waals surface area (Å²) in [6, 6.07) is 11.4. The number of pyridine rings is 1. The van der Waals surface area contributed by atoms with Gasteiger partial charge < -0.3 is 15.2 Å². The third-order valence-corrected chi connectivity index (χ3v) is 4.41. The summed E-state index contributed by atoms with van der Waals surface area (Å²) in [5.41, 5.74) is 5.14. The van der Waals surface area contributed by atoms with Crippen molar-refractivity contribution >= 4 is 17.6 Å². The molecule has 2 heterocycles. The predicted molar refractivity (Wildman–Crippen MR) is 101 cm³/mol. The Kier molecular flexibility index (Phi) is 4.27. The zero-order valence-corrected chi connectivity index (χ0v) is 15.1.